The number of benzene rings is 1. The summed E-state index contributed by atoms with van der Waals surface area (Å²) in [4.78, 5) is 0. The summed E-state index contributed by atoms with van der Waals surface area (Å²) in [7, 11) is 2.06. The van der Waals surface area contributed by atoms with Gasteiger partial charge >= 0.3 is 0 Å². The van der Waals surface area contributed by atoms with Crippen LogP contribution in [0, 0.1) is 13.8 Å². The highest BCUT2D eigenvalue weighted by molar-refractivity contribution is 5.69. The van der Waals surface area contributed by atoms with E-state index in [9.17, 15) is 0 Å². The van der Waals surface area contributed by atoms with Crippen LogP contribution in [-0.4, -0.2) is 16.3 Å². The summed E-state index contributed by atoms with van der Waals surface area (Å²) < 4.78 is 2.05. The number of nitrogens with zero attached hydrogens (tertiary/aromatic N) is 2. The molecule has 0 radical (unpaired) electrons. The fraction of sp³-hybridized carbons (Fsp3) is 0.438. The van der Waals surface area contributed by atoms with Gasteiger partial charge in [0.2, 0.25) is 0 Å². The van der Waals surface area contributed by atoms with Crippen molar-refractivity contribution < 1.29 is 0 Å². The van der Waals surface area contributed by atoms with E-state index in [1.807, 2.05) is 4.68 Å². The second-order valence-corrected chi connectivity index (χ2v) is 5.48. The number of aromatic nitrogens is 2. The molecule has 1 aliphatic heterocycles. The van der Waals surface area contributed by atoms with E-state index >= 15 is 0 Å². The Balaban J connectivity index is 2.11. The van der Waals surface area contributed by atoms with Crippen LogP contribution in [0.15, 0.2) is 24.3 Å². The molecule has 1 aromatic heterocycles. The van der Waals surface area contributed by atoms with Crippen LogP contribution < -0.4 is 5.32 Å². The average molecular weight is 255 g/mol. The van der Waals surface area contributed by atoms with Gasteiger partial charge < -0.3 is 5.32 Å². The van der Waals surface area contributed by atoms with Crippen molar-refractivity contribution in [1.29, 1.82) is 0 Å². The lowest BCUT2D eigenvalue weighted by atomic mass is 9.98. The van der Waals surface area contributed by atoms with E-state index in [0.29, 0.717) is 6.04 Å². The van der Waals surface area contributed by atoms with Crippen molar-refractivity contribution in [2.45, 2.75) is 32.7 Å². The number of nitrogens with one attached hydrogen (secondary N) is 1. The van der Waals surface area contributed by atoms with Crippen LogP contribution in [0.4, 0.5) is 0 Å². The largest absolute Gasteiger partial charge is 0.309 e. The molecule has 0 bridgehead atoms. The smallest absolute Gasteiger partial charge is 0.0675 e. The Morgan fingerprint density at radius 1 is 1.21 bits per heavy atom. The molecule has 100 valence electrons. The standard InChI is InChI=1S/C16H21N3/c1-11-6-8-13(9-7-11)15-12(2)18-19(3)16(15)14-5-4-10-17-14/h6-9,14,17H,4-5,10H2,1-3H3. The van der Waals surface area contributed by atoms with Crippen LogP contribution in [0.1, 0.15) is 35.8 Å². The van der Waals surface area contributed by atoms with Crippen molar-refractivity contribution in [2.75, 3.05) is 6.54 Å². The van der Waals surface area contributed by atoms with E-state index < -0.39 is 0 Å². The lowest BCUT2D eigenvalue weighted by molar-refractivity contribution is 0.574. The Morgan fingerprint density at radius 3 is 2.58 bits per heavy atom. The quantitative estimate of drug-likeness (QED) is 0.893. The van der Waals surface area contributed by atoms with Crippen LogP contribution >= 0.6 is 0 Å². The maximum Gasteiger partial charge on any atom is 0.0675 e. The summed E-state index contributed by atoms with van der Waals surface area (Å²) in [6.07, 6.45) is 2.46. The Bertz CT molecular complexity index is 575. The summed E-state index contributed by atoms with van der Waals surface area (Å²) in [5.74, 6) is 0. The summed E-state index contributed by atoms with van der Waals surface area (Å²) in [6.45, 7) is 5.34. The van der Waals surface area contributed by atoms with Crippen LogP contribution in [0.3, 0.4) is 0 Å². The monoisotopic (exact) mass is 255 g/mol. The van der Waals surface area contributed by atoms with Crippen molar-refractivity contribution in [1.82, 2.24) is 15.1 Å². The SMILES string of the molecule is Cc1ccc(-c2c(C)nn(C)c2C2CCCN2)cc1. The summed E-state index contributed by atoms with van der Waals surface area (Å²) in [5.41, 5.74) is 6.33. The third-order valence-electron chi connectivity index (χ3n) is 4.00. The molecule has 1 aromatic carbocycles. The molecule has 1 unspecified atom stereocenters. The van der Waals surface area contributed by atoms with Gasteiger partial charge in [-0.15, -0.1) is 0 Å². The molecule has 1 N–H and O–H groups in total. The summed E-state index contributed by atoms with van der Waals surface area (Å²) >= 11 is 0. The normalized spacial score (nSPS) is 19.0. The molecule has 1 atom stereocenters. The third kappa shape index (κ3) is 2.19. The van der Waals surface area contributed by atoms with E-state index in [0.717, 1.165) is 12.2 Å². The van der Waals surface area contributed by atoms with E-state index in [1.165, 1.54) is 35.2 Å². The highest BCUT2D eigenvalue weighted by atomic mass is 15.3. The Morgan fingerprint density at radius 2 is 1.95 bits per heavy atom. The lowest BCUT2D eigenvalue weighted by Gasteiger charge is -2.14. The molecule has 1 aliphatic rings. The zero-order valence-corrected chi connectivity index (χ0v) is 11.9. The zero-order valence-electron chi connectivity index (χ0n) is 11.9. The lowest BCUT2D eigenvalue weighted by Crippen LogP contribution is -2.17. The summed E-state index contributed by atoms with van der Waals surface area (Å²) in [6, 6.07) is 9.21. The van der Waals surface area contributed by atoms with Gasteiger partial charge in [0.15, 0.2) is 0 Å². The number of hydrogen-bond donors (Lipinski definition) is 1. The number of aryl methyl sites for hydroxylation is 3. The maximum atomic E-state index is 4.63. The third-order valence-corrected chi connectivity index (χ3v) is 4.00. The van der Waals surface area contributed by atoms with Gasteiger partial charge in [-0.3, -0.25) is 4.68 Å². The van der Waals surface area contributed by atoms with Crippen LogP contribution in [0.2, 0.25) is 0 Å². The molecule has 2 heterocycles. The Hall–Kier alpha value is -1.61. The second-order valence-electron chi connectivity index (χ2n) is 5.48. The first-order valence-electron chi connectivity index (χ1n) is 7.00. The fourth-order valence-electron chi connectivity index (χ4n) is 3.07. The average Bonchev–Trinajstić information content (AvgIpc) is 2.98. The minimum atomic E-state index is 0.447. The molecular formula is C16H21N3. The first-order chi connectivity index (χ1) is 9.16. The molecule has 0 amide bonds. The van der Waals surface area contributed by atoms with Crippen molar-refractivity contribution in [3.63, 3.8) is 0 Å². The minimum absolute atomic E-state index is 0.447. The molecule has 2 aromatic rings. The molecule has 0 aliphatic carbocycles. The van der Waals surface area contributed by atoms with E-state index in [1.54, 1.807) is 0 Å². The van der Waals surface area contributed by atoms with Crippen molar-refractivity contribution in [2.24, 2.45) is 7.05 Å². The van der Waals surface area contributed by atoms with Crippen LogP contribution in [0.25, 0.3) is 11.1 Å². The van der Waals surface area contributed by atoms with E-state index in [-0.39, 0.29) is 0 Å². The first kappa shape index (κ1) is 12.4. The molecular weight excluding hydrogens is 234 g/mol. The van der Waals surface area contributed by atoms with Gasteiger partial charge in [-0.1, -0.05) is 29.8 Å². The molecule has 0 spiro atoms. The van der Waals surface area contributed by atoms with Crippen molar-refractivity contribution >= 4 is 0 Å². The predicted octanol–water partition coefficient (Wildman–Crippen LogP) is 3.13. The van der Waals surface area contributed by atoms with Gasteiger partial charge in [0.1, 0.15) is 0 Å². The Labute approximate surface area is 114 Å². The van der Waals surface area contributed by atoms with Crippen molar-refractivity contribution in [3.8, 4) is 11.1 Å². The fourth-order valence-corrected chi connectivity index (χ4v) is 3.07. The van der Waals surface area contributed by atoms with Gasteiger partial charge in [-0.2, -0.15) is 5.10 Å². The number of hydrogen-bond acceptors (Lipinski definition) is 2. The Kier molecular flexibility index (Phi) is 3.15. The van der Waals surface area contributed by atoms with Gasteiger partial charge in [-0.05, 0) is 38.8 Å². The molecule has 3 nitrogen and oxygen atoms in total. The van der Waals surface area contributed by atoms with Gasteiger partial charge in [-0.25, -0.2) is 0 Å². The number of rotatable bonds is 2. The van der Waals surface area contributed by atoms with Gasteiger partial charge in [0.25, 0.3) is 0 Å². The van der Waals surface area contributed by atoms with Gasteiger partial charge in [0, 0.05) is 18.7 Å². The molecule has 1 saturated heterocycles. The van der Waals surface area contributed by atoms with Crippen molar-refractivity contribution in [3.05, 3.63) is 41.2 Å². The first-order valence-corrected chi connectivity index (χ1v) is 7.00. The van der Waals surface area contributed by atoms with E-state index in [2.05, 4.69) is 55.6 Å². The van der Waals surface area contributed by atoms with Crippen LogP contribution in [0.5, 0.6) is 0 Å². The molecule has 3 heteroatoms. The summed E-state index contributed by atoms with van der Waals surface area (Å²) in [5, 5.41) is 8.22. The highest BCUT2D eigenvalue weighted by Gasteiger charge is 2.25. The predicted molar refractivity (Wildman–Crippen MR) is 78.1 cm³/mol. The van der Waals surface area contributed by atoms with Crippen LogP contribution in [-0.2, 0) is 7.05 Å². The molecule has 19 heavy (non-hydrogen) atoms. The molecule has 1 fully saturated rings. The second kappa shape index (κ2) is 4.82. The molecule has 3 rings (SSSR count). The van der Waals surface area contributed by atoms with Gasteiger partial charge in [0.05, 0.1) is 11.4 Å². The molecule has 0 saturated carbocycles. The topological polar surface area (TPSA) is 29.9 Å². The maximum absolute atomic E-state index is 4.63. The van der Waals surface area contributed by atoms with E-state index in [4.69, 9.17) is 0 Å². The highest BCUT2D eigenvalue weighted by Crippen LogP contribution is 2.34. The minimum Gasteiger partial charge on any atom is -0.309 e. The zero-order chi connectivity index (χ0) is 13.4.